The molecule has 1 aliphatic heterocycles. The number of nitrogens with one attached hydrogen (secondary N) is 1. The number of pyridine rings is 2. The number of aromatic amines is 1. The van der Waals surface area contributed by atoms with E-state index in [0.29, 0.717) is 47.7 Å². The fourth-order valence-electron chi connectivity index (χ4n) is 5.83. The highest BCUT2D eigenvalue weighted by molar-refractivity contribution is 6.45. The number of hydrogen-bond donors (Lipinski definition) is 1. The number of aryl methyl sites for hydroxylation is 1. The number of nitrogens with zero attached hydrogens (tertiary/aromatic N) is 6. The number of carbonyl (C=O) groups is 1. The summed E-state index contributed by atoms with van der Waals surface area (Å²) in [5.41, 5.74) is 2.19. The summed E-state index contributed by atoms with van der Waals surface area (Å²) in [4.78, 5) is 45.9. The molecule has 0 saturated carbocycles. The van der Waals surface area contributed by atoms with Gasteiger partial charge in [0, 0.05) is 49.7 Å². The second-order valence-electron chi connectivity index (χ2n) is 10.9. The Morgan fingerprint density at radius 1 is 1.00 bits per heavy atom. The number of carbonyl (C=O) groups excluding carboxylic acids is 1. The number of piperazine rings is 1. The molecule has 1 aliphatic rings. The molecule has 1 N–H and O–H groups in total. The van der Waals surface area contributed by atoms with Crippen LogP contribution in [0.15, 0.2) is 64.3 Å². The van der Waals surface area contributed by atoms with Gasteiger partial charge in [0.15, 0.2) is 0 Å². The van der Waals surface area contributed by atoms with Crippen molar-refractivity contribution >= 4 is 50.9 Å². The summed E-state index contributed by atoms with van der Waals surface area (Å²) in [6.45, 7) is 5.84. The van der Waals surface area contributed by atoms with E-state index in [9.17, 15) is 14.4 Å². The van der Waals surface area contributed by atoms with E-state index in [0.717, 1.165) is 16.6 Å². The summed E-state index contributed by atoms with van der Waals surface area (Å²) >= 11 is 12.3. The second kappa shape index (κ2) is 11.0. The van der Waals surface area contributed by atoms with E-state index in [-0.39, 0.29) is 34.1 Å². The molecule has 0 radical (unpaired) electrons. The molecule has 2 aromatic carbocycles. The molecule has 2 atom stereocenters. The lowest BCUT2D eigenvalue weighted by atomic mass is 10.1. The maximum absolute atomic E-state index is 13.5. The van der Waals surface area contributed by atoms with E-state index in [4.69, 9.17) is 23.2 Å². The normalized spacial score (nSPS) is 17.8. The number of amides is 1. The first kappa shape index (κ1) is 28.1. The van der Waals surface area contributed by atoms with Crippen LogP contribution in [-0.4, -0.2) is 65.4 Å². The highest BCUT2D eigenvalue weighted by atomic mass is 35.5. The van der Waals surface area contributed by atoms with Crippen LogP contribution in [0.5, 0.6) is 0 Å². The summed E-state index contributed by atoms with van der Waals surface area (Å²) in [7, 11) is 1.77. The minimum Gasteiger partial charge on any atom is -0.335 e. The van der Waals surface area contributed by atoms with Gasteiger partial charge < -0.3 is 14.5 Å². The molecule has 1 amide bonds. The molecule has 0 bridgehead atoms. The molecular weight excluding hydrogens is 577 g/mol. The van der Waals surface area contributed by atoms with E-state index < -0.39 is 5.56 Å². The lowest BCUT2D eigenvalue weighted by molar-refractivity contribution is 0.0263. The van der Waals surface area contributed by atoms with Crippen molar-refractivity contribution in [3.05, 3.63) is 102 Å². The molecule has 4 heterocycles. The van der Waals surface area contributed by atoms with Gasteiger partial charge in [0.05, 0.1) is 39.5 Å². The van der Waals surface area contributed by atoms with Crippen LogP contribution in [0.4, 0.5) is 0 Å². The van der Waals surface area contributed by atoms with Gasteiger partial charge >= 0.3 is 0 Å². The Morgan fingerprint density at radius 3 is 2.50 bits per heavy atom. The Labute approximate surface area is 251 Å². The van der Waals surface area contributed by atoms with Crippen LogP contribution in [0.2, 0.25) is 10.0 Å². The standard InChI is InChI=1S/C30H29Cl2N7O3/c1-17-12-37(30(42)23-11-20-8-9-24(31)26(32)27(20)33-28(23)40)13-18(2)39(17)16-22-15-38(35-34-22)14-21-10-19-6-4-5-7-25(19)36(3)29(21)41/h4-11,15,17-18H,12-14,16H2,1-3H3,(H,33,40)/t17-,18+. The Morgan fingerprint density at radius 2 is 1.74 bits per heavy atom. The van der Waals surface area contributed by atoms with Crippen molar-refractivity contribution in [1.82, 2.24) is 34.3 Å². The maximum atomic E-state index is 13.5. The topological polar surface area (TPSA) is 109 Å². The Balaban J connectivity index is 1.15. The molecule has 216 valence electrons. The third-order valence-electron chi connectivity index (χ3n) is 8.00. The van der Waals surface area contributed by atoms with Gasteiger partial charge in [0.25, 0.3) is 17.0 Å². The van der Waals surface area contributed by atoms with E-state index in [1.54, 1.807) is 39.4 Å². The van der Waals surface area contributed by atoms with Gasteiger partial charge in [-0.15, -0.1) is 5.10 Å². The van der Waals surface area contributed by atoms with Gasteiger partial charge in [-0.1, -0.05) is 52.7 Å². The quantitative estimate of drug-likeness (QED) is 0.323. The molecule has 0 unspecified atom stereocenters. The average Bonchev–Trinajstić information content (AvgIpc) is 3.42. The minimum atomic E-state index is -0.503. The number of aromatic nitrogens is 5. The fraction of sp³-hybridized carbons (Fsp3) is 0.300. The second-order valence-corrected chi connectivity index (χ2v) is 11.7. The van der Waals surface area contributed by atoms with Crippen molar-refractivity contribution in [3.8, 4) is 0 Å². The third kappa shape index (κ3) is 5.10. The van der Waals surface area contributed by atoms with Crippen LogP contribution in [0.1, 0.15) is 35.5 Å². The summed E-state index contributed by atoms with van der Waals surface area (Å²) in [6.07, 6.45) is 1.86. The number of rotatable bonds is 5. The highest BCUT2D eigenvalue weighted by Crippen LogP contribution is 2.29. The third-order valence-corrected chi connectivity index (χ3v) is 8.80. The number of fused-ring (bicyclic) bond motifs is 2. The van der Waals surface area contributed by atoms with Crippen molar-refractivity contribution in [2.24, 2.45) is 7.05 Å². The summed E-state index contributed by atoms with van der Waals surface area (Å²) in [5, 5.41) is 10.8. The molecule has 0 spiro atoms. The highest BCUT2D eigenvalue weighted by Gasteiger charge is 2.33. The van der Waals surface area contributed by atoms with Gasteiger partial charge in [-0.2, -0.15) is 0 Å². The first-order valence-electron chi connectivity index (χ1n) is 13.6. The van der Waals surface area contributed by atoms with Crippen molar-refractivity contribution in [3.63, 3.8) is 0 Å². The van der Waals surface area contributed by atoms with Gasteiger partial charge in [-0.3, -0.25) is 19.3 Å². The summed E-state index contributed by atoms with van der Waals surface area (Å²) < 4.78 is 3.34. The molecule has 10 nitrogen and oxygen atoms in total. The zero-order chi connectivity index (χ0) is 29.7. The predicted molar refractivity (Wildman–Crippen MR) is 163 cm³/mol. The molecule has 6 rings (SSSR count). The van der Waals surface area contributed by atoms with Crippen molar-refractivity contribution in [1.29, 1.82) is 0 Å². The van der Waals surface area contributed by atoms with Crippen LogP contribution in [0.25, 0.3) is 21.8 Å². The van der Waals surface area contributed by atoms with Gasteiger partial charge in [0.2, 0.25) is 0 Å². The lowest BCUT2D eigenvalue weighted by Gasteiger charge is -2.44. The van der Waals surface area contributed by atoms with Crippen molar-refractivity contribution in [2.45, 2.75) is 39.0 Å². The number of para-hydroxylation sites is 1. The van der Waals surface area contributed by atoms with E-state index >= 15 is 0 Å². The maximum Gasteiger partial charge on any atom is 0.261 e. The zero-order valence-corrected chi connectivity index (χ0v) is 24.9. The molecule has 1 saturated heterocycles. The molecule has 42 heavy (non-hydrogen) atoms. The summed E-state index contributed by atoms with van der Waals surface area (Å²) in [6, 6.07) is 14.6. The SMILES string of the molecule is C[C@@H]1CN(C(=O)c2cc3ccc(Cl)c(Cl)c3[nH]c2=O)C[C@H](C)N1Cc1cn(Cc2cc3ccccc3n(C)c2=O)nn1. The predicted octanol–water partition coefficient (Wildman–Crippen LogP) is 4.06. The van der Waals surface area contributed by atoms with Gasteiger partial charge in [-0.25, -0.2) is 4.68 Å². The molecule has 3 aromatic heterocycles. The molecule has 12 heteroatoms. The molecular formula is C30H29Cl2N7O3. The van der Waals surface area contributed by atoms with E-state index in [1.807, 2.05) is 50.4 Å². The minimum absolute atomic E-state index is 0.00317. The number of benzene rings is 2. The largest absolute Gasteiger partial charge is 0.335 e. The first-order valence-corrected chi connectivity index (χ1v) is 14.4. The van der Waals surface area contributed by atoms with Gasteiger partial charge in [-0.05, 0) is 43.5 Å². The zero-order valence-electron chi connectivity index (χ0n) is 23.3. The van der Waals surface area contributed by atoms with Crippen LogP contribution >= 0.6 is 23.2 Å². The molecule has 1 fully saturated rings. The smallest absolute Gasteiger partial charge is 0.261 e. The van der Waals surface area contributed by atoms with Crippen LogP contribution in [0.3, 0.4) is 0 Å². The van der Waals surface area contributed by atoms with E-state index in [2.05, 4.69) is 20.2 Å². The Kier molecular flexibility index (Phi) is 7.38. The first-order chi connectivity index (χ1) is 20.1. The Hall–Kier alpha value is -3.99. The number of hydrogen-bond acceptors (Lipinski definition) is 6. The monoisotopic (exact) mass is 605 g/mol. The van der Waals surface area contributed by atoms with Crippen LogP contribution in [0, 0.1) is 0 Å². The van der Waals surface area contributed by atoms with Crippen molar-refractivity contribution in [2.75, 3.05) is 13.1 Å². The van der Waals surface area contributed by atoms with Crippen LogP contribution in [-0.2, 0) is 20.1 Å². The van der Waals surface area contributed by atoms with Gasteiger partial charge in [0.1, 0.15) is 5.56 Å². The molecule has 0 aliphatic carbocycles. The average molecular weight is 607 g/mol. The summed E-state index contributed by atoms with van der Waals surface area (Å²) in [5.74, 6) is -0.328. The van der Waals surface area contributed by atoms with Crippen LogP contribution < -0.4 is 11.1 Å². The number of halogens is 2. The lowest BCUT2D eigenvalue weighted by Crippen LogP contribution is -2.58. The number of H-pyrrole nitrogens is 1. The molecule has 5 aromatic rings. The fourth-order valence-corrected chi connectivity index (χ4v) is 6.21. The van der Waals surface area contributed by atoms with E-state index in [1.165, 1.54) is 0 Å². The van der Waals surface area contributed by atoms with Crippen molar-refractivity contribution < 1.29 is 4.79 Å². The Bertz CT molecular complexity index is 1950.